The minimum absolute atomic E-state index is 0.444. The predicted octanol–water partition coefficient (Wildman–Crippen LogP) is 2.85. The fraction of sp³-hybridized carbons (Fsp3) is 0.571. The van der Waals surface area contributed by atoms with Crippen molar-refractivity contribution in [1.29, 1.82) is 0 Å². The van der Waals surface area contributed by atoms with Gasteiger partial charge in [-0.05, 0) is 56.3 Å². The van der Waals surface area contributed by atoms with E-state index in [0.717, 1.165) is 17.4 Å². The molecule has 0 radical (unpaired) electrons. The van der Waals surface area contributed by atoms with E-state index in [-0.39, 0.29) is 0 Å². The zero-order chi connectivity index (χ0) is 12.1. The van der Waals surface area contributed by atoms with Gasteiger partial charge in [-0.2, -0.15) is 0 Å². The third kappa shape index (κ3) is 4.41. The molecule has 0 bridgehead atoms. The van der Waals surface area contributed by atoms with E-state index in [1.165, 1.54) is 31.2 Å². The molecule has 1 aliphatic rings. The summed E-state index contributed by atoms with van der Waals surface area (Å²) in [5, 5.41) is 3.64. The van der Waals surface area contributed by atoms with Crippen molar-refractivity contribution in [2.75, 3.05) is 6.54 Å². The highest BCUT2D eigenvalue weighted by atomic mass is 79.9. The van der Waals surface area contributed by atoms with Crippen molar-refractivity contribution < 1.29 is 0 Å². The summed E-state index contributed by atoms with van der Waals surface area (Å²) < 4.78 is 1.15. The highest BCUT2D eigenvalue weighted by Crippen LogP contribution is 2.17. The van der Waals surface area contributed by atoms with Gasteiger partial charge >= 0.3 is 0 Å². The molecule has 2 rings (SSSR count). The first kappa shape index (κ1) is 13.1. The molecule has 2 nitrogen and oxygen atoms in total. The summed E-state index contributed by atoms with van der Waals surface area (Å²) in [4.78, 5) is 0. The van der Waals surface area contributed by atoms with Gasteiger partial charge in [0.15, 0.2) is 0 Å². The summed E-state index contributed by atoms with van der Waals surface area (Å²) in [6.45, 7) is 1.07. The molecular formula is C14H21BrN2. The Balaban J connectivity index is 1.67. The van der Waals surface area contributed by atoms with E-state index in [1.807, 2.05) is 0 Å². The van der Waals surface area contributed by atoms with Gasteiger partial charge in [0.1, 0.15) is 0 Å². The lowest BCUT2D eigenvalue weighted by Crippen LogP contribution is -2.38. The standard InChI is InChI=1S/C14H21BrN2/c15-12-3-1-11(2-4-12)9-10-17-14-7-5-13(16)6-8-14/h1-4,13-14,17H,5-10,16H2. The largest absolute Gasteiger partial charge is 0.328 e. The van der Waals surface area contributed by atoms with Crippen LogP contribution in [0.2, 0.25) is 0 Å². The molecule has 3 N–H and O–H groups in total. The van der Waals surface area contributed by atoms with E-state index in [9.17, 15) is 0 Å². The lowest BCUT2D eigenvalue weighted by molar-refractivity contribution is 0.344. The molecule has 1 fully saturated rings. The molecule has 0 spiro atoms. The van der Waals surface area contributed by atoms with Gasteiger partial charge in [0.05, 0.1) is 0 Å². The molecule has 0 amide bonds. The Hall–Kier alpha value is -0.380. The maximum atomic E-state index is 5.90. The summed E-state index contributed by atoms with van der Waals surface area (Å²) in [5.74, 6) is 0. The number of nitrogens with two attached hydrogens (primary N) is 1. The van der Waals surface area contributed by atoms with Crippen molar-refractivity contribution >= 4 is 15.9 Å². The number of rotatable bonds is 4. The summed E-state index contributed by atoms with van der Waals surface area (Å²) in [7, 11) is 0. The predicted molar refractivity (Wildman–Crippen MR) is 76.1 cm³/mol. The van der Waals surface area contributed by atoms with Crippen LogP contribution in [0.25, 0.3) is 0 Å². The maximum absolute atomic E-state index is 5.90. The smallest absolute Gasteiger partial charge is 0.0175 e. The van der Waals surface area contributed by atoms with Crippen molar-refractivity contribution in [2.45, 2.75) is 44.2 Å². The van der Waals surface area contributed by atoms with E-state index in [0.29, 0.717) is 12.1 Å². The van der Waals surface area contributed by atoms with E-state index in [4.69, 9.17) is 5.73 Å². The SMILES string of the molecule is NC1CCC(NCCc2ccc(Br)cc2)CC1. The number of halogens is 1. The average Bonchev–Trinajstić information content (AvgIpc) is 2.34. The number of hydrogen-bond donors (Lipinski definition) is 2. The first-order chi connectivity index (χ1) is 8.24. The molecule has 1 aliphatic carbocycles. The Kier molecular flexibility index (Phi) is 5.01. The van der Waals surface area contributed by atoms with Gasteiger partial charge in [0.25, 0.3) is 0 Å². The molecule has 1 aromatic carbocycles. The lowest BCUT2D eigenvalue weighted by atomic mass is 9.92. The molecule has 0 aliphatic heterocycles. The molecule has 0 atom stereocenters. The van der Waals surface area contributed by atoms with Gasteiger partial charge in [0.2, 0.25) is 0 Å². The van der Waals surface area contributed by atoms with Crippen LogP contribution in [0.1, 0.15) is 31.2 Å². The Bertz CT molecular complexity index is 329. The van der Waals surface area contributed by atoms with E-state index in [2.05, 4.69) is 45.5 Å². The van der Waals surface area contributed by atoms with Crippen LogP contribution in [0.3, 0.4) is 0 Å². The Morgan fingerprint density at radius 3 is 2.41 bits per heavy atom. The summed E-state index contributed by atoms with van der Waals surface area (Å²) in [6, 6.07) is 9.71. The molecule has 0 heterocycles. The highest BCUT2D eigenvalue weighted by Gasteiger charge is 2.17. The summed E-state index contributed by atoms with van der Waals surface area (Å²) >= 11 is 3.45. The highest BCUT2D eigenvalue weighted by molar-refractivity contribution is 9.10. The van der Waals surface area contributed by atoms with E-state index >= 15 is 0 Å². The topological polar surface area (TPSA) is 38.0 Å². The van der Waals surface area contributed by atoms with Crippen LogP contribution in [0, 0.1) is 0 Å². The van der Waals surface area contributed by atoms with Crippen molar-refractivity contribution in [3.8, 4) is 0 Å². The molecule has 1 saturated carbocycles. The average molecular weight is 297 g/mol. The minimum atomic E-state index is 0.444. The van der Waals surface area contributed by atoms with Crippen LogP contribution in [-0.4, -0.2) is 18.6 Å². The maximum Gasteiger partial charge on any atom is 0.0175 e. The van der Waals surface area contributed by atoms with E-state index in [1.54, 1.807) is 0 Å². The van der Waals surface area contributed by atoms with Crippen molar-refractivity contribution in [1.82, 2.24) is 5.32 Å². The van der Waals surface area contributed by atoms with Crippen LogP contribution in [0.15, 0.2) is 28.7 Å². The molecule has 1 aromatic rings. The fourth-order valence-electron chi connectivity index (χ4n) is 2.40. The van der Waals surface area contributed by atoms with Gasteiger partial charge < -0.3 is 11.1 Å². The normalized spacial score (nSPS) is 24.8. The zero-order valence-corrected chi connectivity index (χ0v) is 11.7. The minimum Gasteiger partial charge on any atom is -0.328 e. The summed E-state index contributed by atoms with van der Waals surface area (Å²) in [6.07, 6.45) is 5.94. The second kappa shape index (κ2) is 6.53. The number of benzene rings is 1. The van der Waals surface area contributed by atoms with Crippen LogP contribution in [0.5, 0.6) is 0 Å². The van der Waals surface area contributed by atoms with Crippen LogP contribution in [-0.2, 0) is 6.42 Å². The molecular weight excluding hydrogens is 276 g/mol. The van der Waals surface area contributed by atoms with E-state index < -0.39 is 0 Å². The first-order valence-electron chi connectivity index (χ1n) is 6.47. The Morgan fingerprint density at radius 1 is 1.12 bits per heavy atom. The van der Waals surface area contributed by atoms with Crippen molar-refractivity contribution in [3.05, 3.63) is 34.3 Å². The molecule has 94 valence electrons. The number of nitrogens with one attached hydrogen (secondary N) is 1. The van der Waals surface area contributed by atoms with Crippen LogP contribution < -0.4 is 11.1 Å². The second-order valence-electron chi connectivity index (χ2n) is 4.94. The third-order valence-electron chi connectivity index (χ3n) is 3.53. The quantitative estimate of drug-likeness (QED) is 0.897. The van der Waals surface area contributed by atoms with Crippen molar-refractivity contribution in [3.63, 3.8) is 0 Å². The lowest BCUT2D eigenvalue weighted by Gasteiger charge is -2.26. The van der Waals surface area contributed by atoms with Crippen LogP contribution in [0.4, 0.5) is 0 Å². The van der Waals surface area contributed by atoms with Gasteiger partial charge in [-0.25, -0.2) is 0 Å². The fourth-order valence-corrected chi connectivity index (χ4v) is 2.66. The monoisotopic (exact) mass is 296 g/mol. The van der Waals surface area contributed by atoms with Gasteiger partial charge in [-0.15, -0.1) is 0 Å². The van der Waals surface area contributed by atoms with Crippen LogP contribution >= 0.6 is 15.9 Å². The molecule has 0 unspecified atom stereocenters. The first-order valence-corrected chi connectivity index (χ1v) is 7.27. The van der Waals surface area contributed by atoms with Gasteiger partial charge in [0, 0.05) is 16.6 Å². The second-order valence-corrected chi connectivity index (χ2v) is 5.86. The van der Waals surface area contributed by atoms with Gasteiger partial charge in [-0.1, -0.05) is 28.1 Å². The molecule has 0 saturated heterocycles. The molecule has 17 heavy (non-hydrogen) atoms. The zero-order valence-electron chi connectivity index (χ0n) is 10.2. The molecule has 3 heteroatoms. The Labute approximate surface area is 112 Å². The summed E-state index contributed by atoms with van der Waals surface area (Å²) in [5.41, 5.74) is 7.30. The van der Waals surface area contributed by atoms with Crippen molar-refractivity contribution in [2.24, 2.45) is 5.73 Å². The Morgan fingerprint density at radius 2 is 1.76 bits per heavy atom. The van der Waals surface area contributed by atoms with Gasteiger partial charge in [-0.3, -0.25) is 0 Å². The third-order valence-corrected chi connectivity index (χ3v) is 4.06. The number of hydrogen-bond acceptors (Lipinski definition) is 2. The molecule has 0 aromatic heterocycles.